The highest BCUT2D eigenvalue weighted by Gasteiger charge is 2.14. The molecule has 2 heterocycles. The first kappa shape index (κ1) is 11.7. The third kappa shape index (κ3) is 2.43. The molecule has 1 aromatic carbocycles. The standard InChI is InChI=1S/C11H9N3O4S/c15-14(16)10-5-13-11(19-10)12-4-7-1-2-8-9(3-7)18-6-17-8/h1-3,5H,4,6H2,(H,12,13). The summed E-state index contributed by atoms with van der Waals surface area (Å²) in [7, 11) is 0. The van der Waals surface area contributed by atoms with Crippen LogP contribution in [0, 0.1) is 10.1 Å². The van der Waals surface area contributed by atoms with Crippen LogP contribution in [0.5, 0.6) is 11.5 Å². The van der Waals surface area contributed by atoms with Gasteiger partial charge in [-0.2, -0.15) is 0 Å². The minimum Gasteiger partial charge on any atom is -0.454 e. The van der Waals surface area contributed by atoms with Gasteiger partial charge in [0.1, 0.15) is 6.20 Å². The summed E-state index contributed by atoms with van der Waals surface area (Å²) in [5.74, 6) is 1.44. The van der Waals surface area contributed by atoms with Gasteiger partial charge in [0.15, 0.2) is 16.6 Å². The first-order chi connectivity index (χ1) is 9.22. The molecule has 0 unspecified atom stereocenters. The molecule has 8 heteroatoms. The Morgan fingerprint density at radius 2 is 2.26 bits per heavy atom. The van der Waals surface area contributed by atoms with Crippen molar-refractivity contribution in [3.8, 4) is 11.5 Å². The lowest BCUT2D eigenvalue weighted by molar-refractivity contribution is -0.380. The molecule has 0 bridgehead atoms. The molecule has 1 aromatic heterocycles. The van der Waals surface area contributed by atoms with Crippen LogP contribution in [0.4, 0.5) is 10.1 Å². The van der Waals surface area contributed by atoms with Crippen LogP contribution < -0.4 is 14.8 Å². The Hall–Kier alpha value is -2.35. The predicted molar refractivity (Wildman–Crippen MR) is 68.7 cm³/mol. The van der Waals surface area contributed by atoms with E-state index < -0.39 is 4.92 Å². The summed E-state index contributed by atoms with van der Waals surface area (Å²) < 4.78 is 10.5. The van der Waals surface area contributed by atoms with Crippen molar-refractivity contribution in [3.05, 3.63) is 40.1 Å². The van der Waals surface area contributed by atoms with Gasteiger partial charge in [0.2, 0.25) is 6.79 Å². The third-order valence-corrected chi connectivity index (χ3v) is 3.46. The molecular formula is C11H9N3O4S. The maximum atomic E-state index is 10.5. The highest BCUT2D eigenvalue weighted by molar-refractivity contribution is 7.18. The van der Waals surface area contributed by atoms with Crippen LogP contribution >= 0.6 is 11.3 Å². The van der Waals surface area contributed by atoms with Crippen molar-refractivity contribution in [2.75, 3.05) is 12.1 Å². The fraction of sp³-hybridized carbons (Fsp3) is 0.182. The maximum absolute atomic E-state index is 10.5. The van der Waals surface area contributed by atoms with Gasteiger partial charge in [-0.3, -0.25) is 10.1 Å². The maximum Gasteiger partial charge on any atom is 0.345 e. The second-order valence-electron chi connectivity index (χ2n) is 3.80. The molecule has 19 heavy (non-hydrogen) atoms. The van der Waals surface area contributed by atoms with E-state index in [-0.39, 0.29) is 11.8 Å². The molecule has 1 aliphatic rings. The topological polar surface area (TPSA) is 86.5 Å². The van der Waals surface area contributed by atoms with Crippen LogP contribution in [0.2, 0.25) is 0 Å². The molecule has 0 saturated heterocycles. The molecule has 0 spiro atoms. The Bertz CT molecular complexity index is 628. The smallest absolute Gasteiger partial charge is 0.345 e. The van der Waals surface area contributed by atoms with Gasteiger partial charge >= 0.3 is 5.00 Å². The Morgan fingerprint density at radius 1 is 1.42 bits per heavy atom. The zero-order valence-electron chi connectivity index (χ0n) is 9.66. The van der Waals surface area contributed by atoms with Gasteiger partial charge in [-0.1, -0.05) is 6.07 Å². The summed E-state index contributed by atoms with van der Waals surface area (Å²) in [6.07, 6.45) is 1.24. The number of thiazole rings is 1. The van der Waals surface area contributed by atoms with Crippen molar-refractivity contribution >= 4 is 21.5 Å². The van der Waals surface area contributed by atoms with Crippen LogP contribution in [-0.2, 0) is 6.54 Å². The minimum absolute atomic E-state index is 0.0215. The number of benzene rings is 1. The van der Waals surface area contributed by atoms with Crippen molar-refractivity contribution in [1.82, 2.24) is 4.98 Å². The largest absolute Gasteiger partial charge is 0.454 e. The Kier molecular flexibility index (Phi) is 2.92. The highest BCUT2D eigenvalue weighted by atomic mass is 32.1. The number of nitrogens with zero attached hydrogens (tertiary/aromatic N) is 2. The van der Waals surface area contributed by atoms with E-state index in [0.29, 0.717) is 17.4 Å². The molecule has 0 amide bonds. The van der Waals surface area contributed by atoms with Crippen LogP contribution in [-0.4, -0.2) is 16.7 Å². The summed E-state index contributed by atoms with van der Waals surface area (Å²) in [4.78, 5) is 14.0. The molecule has 0 aliphatic carbocycles. The summed E-state index contributed by atoms with van der Waals surface area (Å²) in [5, 5.41) is 14.1. The number of nitrogens with one attached hydrogen (secondary N) is 1. The van der Waals surface area contributed by atoms with Crippen LogP contribution in [0.15, 0.2) is 24.4 Å². The van der Waals surface area contributed by atoms with E-state index in [2.05, 4.69) is 10.3 Å². The van der Waals surface area contributed by atoms with E-state index in [0.717, 1.165) is 22.6 Å². The van der Waals surface area contributed by atoms with Crippen LogP contribution in [0.3, 0.4) is 0 Å². The number of hydrogen-bond acceptors (Lipinski definition) is 7. The van der Waals surface area contributed by atoms with Crippen molar-refractivity contribution in [1.29, 1.82) is 0 Å². The summed E-state index contributed by atoms with van der Waals surface area (Å²) >= 11 is 1.01. The lowest BCUT2D eigenvalue weighted by Gasteiger charge is -2.03. The van der Waals surface area contributed by atoms with Crippen LogP contribution in [0.25, 0.3) is 0 Å². The molecule has 0 atom stereocenters. The Balaban J connectivity index is 1.67. The van der Waals surface area contributed by atoms with E-state index >= 15 is 0 Å². The summed E-state index contributed by atoms with van der Waals surface area (Å²) in [6, 6.07) is 5.61. The fourth-order valence-electron chi connectivity index (χ4n) is 1.66. The molecule has 1 N–H and O–H groups in total. The molecular weight excluding hydrogens is 270 g/mol. The first-order valence-corrected chi connectivity index (χ1v) is 6.26. The number of ether oxygens (including phenoxy) is 2. The van der Waals surface area contributed by atoms with Gasteiger partial charge in [0.25, 0.3) is 0 Å². The molecule has 0 fully saturated rings. The number of nitro groups is 1. The second kappa shape index (κ2) is 4.73. The highest BCUT2D eigenvalue weighted by Crippen LogP contribution is 2.33. The van der Waals surface area contributed by atoms with Gasteiger partial charge < -0.3 is 14.8 Å². The number of anilines is 1. The lowest BCUT2D eigenvalue weighted by Crippen LogP contribution is -1.98. The van der Waals surface area contributed by atoms with Crippen molar-refractivity contribution < 1.29 is 14.4 Å². The molecule has 0 saturated carbocycles. The normalized spacial score (nSPS) is 12.4. The minimum atomic E-state index is -0.455. The van der Waals surface area contributed by atoms with E-state index in [1.165, 1.54) is 6.20 Å². The molecule has 1 aliphatic heterocycles. The lowest BCUT2D eigenvalue weighted by atomic mass is 10.2. The van der Waals surface area contributed by atoms with Crippen LogP contribution in [0.1, 0.15) is 5.56 Å². The Labute approximate surface area is 112 Å². The summed E-state index contributed by atoms with van der Waals surface area (Å²) in [5.41, 5.74) is 0.988. The van der Waals surface area contributed by atoms with Gasteiger partial charge in [-0.05, 0) is 29.0 Å². The van der Waals surface area contributed by atoms with Crippen molar-refractivity contribution in [3.63, 3.8) is 0 Å². The second-order valence-corrected chi connectivity index (χ2v) is 4.81. The predicted octanol–water partition coefficient (Wildman–Crippen LogP) is 2.39. The van der Waals surface area contributed by atoms with Gasteiger partial charge in [0, 0.05) is 6.54 Å². The quantitative estimate of drug-likeness (QED) is 0.683. The zero-order chi connectivity index (χ0) is 13.2. The van der Waals surface area contributed by atoms with Gasteiger partial charge in [-0.15, -0.1) is 0 Å². The van der Waals surface area contributed by atoms with Crippen molar-refractivity contribution in [2.24, 2.45) is 0 Å². The molecule has 0 radical (unpaired) electrons. The number of fused-ring (bicyclic) bond motifs is 1. The van der Waals surface area contributed by atoms with E-state index in [1.807, 2.05) is 18.2 Å². The average Bonchev–Trinajstić information content (AvgIpc) is 3.04. The Morgan fingerprint density at radius 3 is 3.05 bits per heavy atom. The van der Waals surface area contributed by atoms with Crippen molar-refractivity contribution in [2.45, 2.75) is 6.54 Å². The van der Waals surface area contributed by atoms with E-state index in [4.69, 9.17) is 9.47 Å². The SMILES string of the molecule is O=[N+]([O-])c1cnc(NCc2ccc3c(c2)OCO3)s1. The average molecular weight is 279 g/mol. The molecule has 3 rings (SSSR count). The van der Waals surface area contributed by atoms with E-state index in [1.54, 1.807) is 0 Å². The first-order valence-electron chi connectivity index (χ1n) is 5.45. The number of hydrogen-bond donors (Lipinski definition) is 1. The number of aromatic nitrogens is 1. The van der Waals surface area contributed by atoms with Gasteiger partial charge in [-0.25, -0.2) is 4.98 Å². The molecule has 2 aromatic rings. The van der Waals surface area contributed by atoms with E-state index in [9.17, 15) is 10.1 Å². The van der Waals surface area contributed by atoms with Gasteiger partial charge in [0.05, 0.1) is 4.92 Å². The molecule has 7 nitrogen and oxygen atoms in total. The molecule has 98 valence electrons. The zero-order valence-corrected chi connectivity index (χ0v) is 10.5. The fourth-order valence-corrected chi connectivity index (χ4v) is 2.29. The summed E-state index contributed by atoms with van der Waals surface area (Å²) in [6.45, 7) is 0.756. The third-order valence-electron chi connectivity index (χ3n) is 2.55. The number of rotatable bonds is 4. The monoisotopic (exact) mass is 279 g/mol.